The van der Waals surface area contributed by atoms with E-state index in [1.54, 1.807) is 0 Å². The molecule has 0 N–H and O–H groups in total. The fraction of sp³-hybridized carbons (Fsp3) is 0.476. The van der Waals surface area contributed by atoms with Crippen molar-refractivity contribution in [1.82, 2.24) is 0 Å². The summed E-state index contributed by atoms with van der Waals surface area (Å²) in [5.41, 5.74) is 4.01. The second kappa shape index (κ2) is 7.71. The van der Waals surface area contributed by atoms with Crippen molar-refractivity contribution in [2.24, 2.45) is 0 Å². The number of hydrogen-bond donors (Lipinski definition) is 0. The van der Waals surface area contributed by atoms with Gasteiger partial charge in [-0.2, -0.15) is 0 Å². The molecule has 0 amide bonds. The van der Waals surface area contributed by atoms with Gasteiger partial charge in [-0.1, -0.05) is 35.9 Å². The van der Waals surface area contributed by atoms with E-state index >= 15 is 0 Å². The van der Waals surface area contributed by atoms with Crippen LogP contribution in [0, 0.1) is 0 Å². The number of benzene rings is 1. The van der Waals surface area contributed by atoms with E-state index in [1.165, 1.54) is 11.1 Å². The van der Waals surface area contributed by atoms with Crippen molar-refractivity contribution in [3.8, 4) is 0 Å². The predicted molar refractivity (Wildman–Crippen MR) is 106 cm³/mol. The topological polar surface area (TPSA) is 35.5 Å². The molecule has 4 heteroatoms. The van der Waals surface area contributed by atoms with E-state index in [0.29, 0.717) is 6.61 Å². The lowest BCUT2D eigenvalue weighted by atomic mass is 9.72. The fourth-order valence-electron chi connectivity index (χ4n) is 3.31. The molecule has 1 saturated carbocycles. The van der Waals surface area contributed by atoms with E-state index in [1.807, 2.05) is 19.9 Å². The van der Waals surface area contributed by atoms with Crippen LogP contribution in [0.1, 0.15) is 39.2 Å². The first-order valence-electron chi connectivity index (χ1n) is 8.96. The summed E-state index contributed by atoms with van der Waals surface area (Å²) >= 11 is 0. The molecule has 0 bridgehead atoms. The Morgan fingerprint density at radius 3 is 2.28 bits per heavy atom. The predicted octanol–water partition coefficient (Wildman–Crippen LogP) is 5.35. The van der Waals surface area contributed by atoms with Crippen LogP contribution >= 0.6 is 0 Å². The lowest BCUT2D eigenvalue weighted by Gasteiger charge is -2.46. The molecule has 1 aliphatic carbocycles. The summed E-state index contributed by atoms with van der Waals surface area (Å²) in [5, 5.41) is 0. The minimum atomic E-state index is -1.72. The van der Waals surface area contributed by atoms with Crippen LogP contribution < -0.4 is 0 Å². The summed E-state index contributed by atoms with van der Waals surface area (Å²) in [7, 11) is -1.72. The standard InChI is InChI=1S/C21H30O3Si/c1-7-23-20(22)17(3)19-14-21(15-19,24-25(4,5)6)13-16(2)18-11-9-8-10-12-18/h8-13H,7,14-15H2,1-6H3/b16-13+,19-17?. The van der Waals surface area contributed by atoms with Crippen molar-refractivity contribution in [2.45, 2.75) is 58.9 Å². The number of hydrogen-bond acceptors (Lipinski definition) is 3. The Bertz CT molecular complexity index is 673. The van der Waals surface area contributed by atoms with Gasteiger partial charge in [0.15, 0.2) is 8.32 Å². The highest BCUT2D eigenvalue weighted by molar-refractivity contribution is 6.69. The number of allylic oxidation sites excluding steroid dienone is 1. The third-order valence-corrected chi connectivity index (χ3v) is 5.37. The maximum absolute atomic E-state index is 12.0. The molecule has 0 spiro atoms. The van der Waals surface area contributed by atoms with Gasteiger partial charge in [-0.3, -0.25) is 0 Å². The first kappa shape index (κ1) is 19.7. The summed E-state index contributed by atoms with van der Waals surface area (Å²) in [6.07, 6.45) is 3.79. The van der Waals surface area contributed by atoms with E-state index in [9.17, 15) is 4.79 Å². The van der Waals surface area contributed by atoms with E-state index in [2.05, 4.69) is 56.9 Å². The molecule has 1 aromatic rings. The highest BCUT2D eigenvalue weighted by Gasteiger charge is 2.44. The quantitative estimate of drug-likeness (QED) is 0.390. The summed E-state index contributed by atoms with van der Waals surface area (Å²) < 4.78 is 11.7. The van der Waals surface area contributed by atoms with Gasteiger partial charge < -0.3 is 9.16 Å². The van der Waals surface area contributed by atoms with Crippen molar-refractivity contribution in [1.29, 1.82) is 0 Å². The van der Waals surface area contributed by atoms with Crippen molar-refractivity contribution in [2.75, 3.05) is 6.61 Å². The van der Waals surface area contributed by atoms with Crippen LogP contribution in [0.2, 0.25) is 19.6 Å². The monoisotopic (exact) mass is 358 g/mol. The molecule has 0 unspecified atom stereocenters. The van der Waals surface area contributed by atoms with Gasteiger partial charge >= 0.3 is 5.97 Å². The van der Waals surface area contributed by atoms with Crippen LogP contribution in [-0.4, -0.2) is 26.5 Å². The minimum absolute atomic E-state index is 0.206. The molecular weight excluding hydrogens is 328 g/mol. The Labute approximate surface area is 152 Å². The molecule has 0 heterocycles. The fourth-order valence-corrected chi connectivity index (χ4v) is 4.73. The lowest BCUT2D eigenvalue weighted by molar-refractivity contribution is -0.138. The maximum Gasteiger partial charge on any atom is 0.333 e. The van der Waals surface area contributed by atoms with Crippen LogP contribution in [0.25, 0.3) is 5.57 Å². The molecule has 0 aromatic heterocycles. The minimum Gasteiger partial charge on any atom is -0.463 e. The van der Waals surface area contributed by atoms with Gasteiger partial charge in [-0.25, -0.2) is 4.79 Å². The van der Waals surface area contributed by atoms with Crippen LogP contribution in [0.4, 0.5) is 0 Å². The Morgan fingerprint density at radius 1 is 1.16 bits per heavy atom. The van der Waals surface area contributed by atoms with Crippen LogP contribution in [0.15, 0.2) is 47.6 Å². The second-order valence-electron chi connectivity index (χ2n) is 7.78. The molecule has 3 nitrogen and oxygen atoms in total. The Kier molecular flexibility index (Phi) is 6.06. The van der Waals surface area contributed by atoms with Gasteiger partial charge in [0.05, 0.1) is 12.2 Å². The number of esters is 1. The average Bonchev–Trinajstić information content (AvgIpc) is 2.51. The second-order valence-corrected chi connectivity index (χ2v) is 12.2. The summed E-state index contributed by atoms with van der Waals surface area (Å²) in [6, 6.07) is 10.4. The first-order valence-corrected chi connectivity index (χ1v) is 12.4. The third-order valence-electron chi connectivity index (χ3n) is 4.36. The van der Waals surface area contributed by atoms with E-state index < -0.39 is 8.32 Å². The molecule has 0 atom stereocenters. The highest BCUT2D eigenvalue weighted by atomic mass is 28.4. The number of carbonyl (C=O) groups excluding carboxylic acids is 1. The molecule has 0 radical (unpaired) electrons. The number of ether oxygens (including phenoxy) is 1. The molecular formula is C21H30O3Si. The van der Waals surface area contributed by atoms with Gasteiger partial charge in [0.1, 0.15) is 0 Å². The van der Waals surface area contributed by atoms with E-state index in [4.69, 9.17) is 9.16 Å². The number of carbonyl (C=O) groups is 1. The molecule has 0 saturated heterocycles. The zero-order chi connectivity index (χ0) is 18.7. The Morgan fingerprint density at radius 2 is 1.76 bits per heavy atom. The maximum atomic E-state index is 12.0. The summed E-state index contributed by atoms with van der Waals surface area (Å²) in [4.78, 5) is 12.0. The molecule has 1 aromatic carbocycles. The Balaban J connectivity index is 2.27. The molecule has 2 rings (SSSR count). The van der Waals surface area contributed by atoms with Crippen molar-refractivity contribution >= 4 is 19.9 Å². The van der Waals surface area contributed by atoms with E-state index in [-0.39, 0.29) is 11.6 Å². The van der Waals surface area contributed by atoms with Crippen LogP contribution in [0.5, 0.6) is 0 Å². The average molecular weight is 359 g/mol. The Hall–Kier alpha value is -1.65. The molecule has 25 heavy (non-hydrogen) atoms. The number of rotatable bonds is 6. The van der Waals surface area contributed by atoms with Gasteiger partial charge in [-0.15, -0.1) is 0 Å². The molecule has 136 valence electrons. The van der Waals surface area contributed by atoms with Gasteiger partial charge in [0.2, 0.25) is 0 Å². The zero-order valence-electron chi connectivity index (χ0n) is 16.3. The van der Waals surface area contributed by atoms with Crippen LogP contribution in [0.3, 0.4) is 0 Å². The molecule has 1 fully saturated rings. The van der Waals surface area contributed by atoms with Crippen LogP contribution in [-0.2, 0) is 14.0 Å². The molecule has 1 aliphatic rings. The van der Waals surface area contributed by atoms with Gasteiger partial charge in [0, 0.05) is 18.4 Å². The SMILES string of the molecule is CCOC(=O)C(C)=C1CC(/C=C(\C)c2ccccc2)(O[Si](C)(C)C)C1. The zero-order valence-corrected chi connectivity index (χ0v) is 17.3. The van der Waals surface area contributed by atoms with Gasteiger partial charge in [0.25, 0.3) is 0 Å². The van der Waals surface area contributed by atoms with Crippen molar-refractivity contribution in [3.05, 3.63) is 53.1 Å². The summed E-state index contributed by atoms with van der Waals surface area (Å²) in [5.74, 6) is -0.206. The van der Waals surface area contributed by atoms with Crippen molar-refractivity contribution < 1.29 is 14.0 Å². The third kappa shape index (κ3) is 5.16. The highest BCUT2D eigenvalue weighted by Crippen LogP contribution is 2.46. The van der Waals surface area contributed by atoms with Gasteiger partial charge in [-0.05, 0) is 57.6 Å². The largest absolute Gasteiger partial charge is 0.463 e. The lowest BCUT2D eigenvalue weighted by Crippen LogP contribution is -2.48. The smallest absolute Gasteiger partial charge is 0.333 e. The summed E-state index contributed by atoms with van der Waals surface area (Å²) in [6.45, 7) is 12.9. The van der Waals surface area contributed by atoms with E-state index in [0.717, 1.165) is 24.0 Å². The first-order chi connectivity index (χ1) is 11.7. The molecule has 0 aliphatic heterocycles. The normalized spacial score (nSPS) is 20.9. The van der Waals surface area contributed by atoms with Crippen molar-refractivity contribution in [3.63, 3.8) is 0 Å².